The van der Waals surface area contributed by atoms with Crippen LogP contribution in [0.4, 0.5) is 14.5 Å². The van der Waals surface area contributed by atoms with Crippen LogP contribution >= 0.6 is 0 Å². The number of nitrogens with one attached hydrogen (secondary N) is 1. The number of ether oxygens (including phenoxy) is 1. The highest BCUT2D eigenvalue weighted by molar-refractivity contribution is 5.94. The SMILES string of the molecule is CC(N)C(=O)Nc1ccc(OCc2ccc(F)cc2)cc1F. The van der Waals surface area contributed by atoms with Gasteiger partial charge in [-0.1, -0.05) is 12.1 Å². The Kier molecular flexibility index (Phi) is 5.06. The van der Waals surface area contributed by atoms with E-state index in [1.165, 1.54) is 37.3 Å². The first-order valence-corrected chi connectivity index (χ1v) is 6.69. The van der Waals surface area contributed by atoms with Crippen molar-refractivity contribution in [2.24, 2.45) is 5.73 Å². The van der Waals surface area contributed by atoms with Crippen molar-refractivity contribution < 1.29 is 18.3 Å². The number of benzene rings is 2. The lowest BCUT2D eigenvalue weighted by Crippen LogP contribution is -2.32. The number of hydrogen-bond acceptors (Lipinski definition) is 3. The van der Waals surface area contributed by atoms with Crippen LogP contribution in [0.2, 0.25) is 0 Å². The normalized spacial score (nSPS) is 11.8. The van der Waals surface area contributed by atoms with Gasteiger partial charge in [0.05, 0.1) is 11.7 Å². The number of anilines is 1. The van der Waals surface area contributed by atoms with Crippen molar-refractivity contribution in [1.82, 2.24) is 0 Å². The summed E-state index contributed by atoms with van der Waals surface area (Å²) in [7, 11) is 0. The molecule has 0 aliphatic rings. The molecule has 0 heterocycles. The molecule has 2 rings (SSSR count). The summed E-state index contributed by atoms with van der Waals surface area (Å²) in [5.41, 5.74) is 6.20. The molecule has 0 aliphatic carbocycles. The highest BCUT2D eigenvalue weighted by Crippen LogP contribution is 2.21. The van der Waals surface area contributed by atoms with Crippen LogP contribution in [0.5, 0.6) is 5.75 Å². The topological polar surface area (TPSA) is 64.4 Å². The molecule has 3 N–H and O–H groups in total. The monoisotopic (exact) mass is 306 g/mol. The van der Waals surface area contributed by atoms with Crippen molar-refractivity contribution in [1.29, 1.82) is 0 Å². The molecule has 0 radical (unpaired) electrons. The van der Waals surface area contributed by atoms with Gasteiger partial charge in [-0.15, -0.1) is 0 Å². The Morgan fingerprint density at radius 3 is 2.50 bits per heavy atom. The zero-order valence-electron chi connectivity index (χ0n) is 12.0. The highest BCUT2D eigenvalue weighted by atomic mass is 19.1. The molecule has 0 bridgehead atoms. The van der Waals surface area contributed by atoms with Crippen LogP contribution in [-0.2, 0) is 11.4 Å². The summed E-state index contributed by atoms with van der Waals surface area (Å²) in [6.45, 7) is 1.69. The molecule has 6 heteroatoms. The average Bonchev–Trinajstić information content (AvgIpc) is 2.49. The highest BCUT2D eigenvalue weighted by Gasteiger charge is 2.11. The fraction of sp³-hybridized carbons (Fsp3) is 0.188. The van der Waals surface area contributed by atoms with Gasteiger partial charge in [-0.2, -0.15) is 0 Å². The third kappa shape index (κ3) is 4.26. The molecule has 22 heavy (non-hydrogen) atoms. The molecule has 0 aromatic heterocycles. The van der Waals surface area contributed by atoms with Gasteiger partial charge in [0.25, 0.3) is 0 Å². The molecule has 0 saturated carbocycles. The second-order valence-electron chi connectivity index (χ2n) is 4.83. The Balaban J connectivity index is 2.00. The Bertz CT molecular complexity index is 658. The van der Waals surface area contributed by atoms with Crippen LogP contribution < -0.4 is 15.8 Å². The molecule has 1 amide bonds. The van der Waals surface area contributed by atoms with E-state index in [2.05, 4.69) is 5.32 Å². The maximum atomic E-state index is 13.9. The predicted molar refractivity (Wildman–Crippen MR) is 79.4 cm³/mol. The van der Waals surface area contributed by atoms with E-state index in [0.717, 1.165) is 5.56 Å². The Morgan fingerprint density at radius 2 is 1.91 bits per heavy atom. The van der Waals surface area contributed by atoms with E-state index in [4.69, 9.17) is 10.5 Å². The van der Waals surface area contributed by atoms with Crippen molar-refractivity contribution >= 4 is 11.6 Å². The predicted octanol–water partition coefficient (Wildman–Crippen LogP) is 2.83. The van der Waals surface area contributed by atoms with Crippen molar-refractivity contribution in [2.75, 3.05) is 5.32 Å². The molecule has 4 nitrogen and oxygen atoms in total. The summed E-state index contributed by atoms with van der Waals surface area (Å²) in [5, 5.41) is 2.38. The van der Waals surface area contributed by atoms with Gasteiger partial charge in [0.2, 0.25) is 5.91 Å². The van der Waals surface area contributed by atoms with Crippen LogP contribution in [0, 0.1) is 11.6 Å². The molecular weight excluding hydrogens is 290 g/mol. The van der Waals surface area contributed by atoms with E-state index in [1.54, 1.807) is 12.1 Å². The third-order valence-electron chi connectivity index (χ3n) is 2.93. The number of carbonyl (C=O) groups excluding carboxylic acids is 1. The van der Waals surface area contributed by atoms with Crippen LogP contribution in [0.3, 0.4) is 0 Å². The van der Waals surface area contributed by atoms with Crippen molar-refractivity contribution in [3.63, 3.8) is 0 Å². The fourth-order valence-corrected chi connectivity index (χ4v) is 1.68. The summed E-state index contributed by atoms with van der Waals surface area (Å²) in [4.78, 5) is 11.4. The number of halogens is 2. The second-order valence-corrected chi connectivity index (χ2v) is 4.83. The Morgan fingerprint density at radius 1 is 1.23 bits per heavy atom. The molecule has 2 aromatic carbocycles. The number of rotatable bonds is 5. The second kappa shape index (κ2) is 7.00. The van der Waals surface area contributed by atoms with Crippen molar-refractivity contribution in [3.8, 4) is 5.75 Å². The summed E-state index contributed by atoms with van der Waals surface area (Å²) in [6, 6.07) is 9.19. The minimum Gasteiger partial charge on any atom is -0.489 e. The molecule has 0 saturated heterocycles. The average molecular weight is 306 g/mol. The Labute approximate surface area is 126 Å². The minimum atomic E-state index is -0.728. The first-order chi connectivity index (χ1) is 10.5. The molecular formula is C16H16F2N2O2. The lowest BCUT2D eigenvalue weighted by Gasteiger charge is -2.11. The first-order valence-electron chi connectivity index (χ1n) is 6.69. The smallest absolute Gasteiger partial charge is 0.241 e. The quantitative estimate of drug-likeness (QED) is 0.893. The summed E-state index contributed by atoms with van der Waals surface area (Å²) in [5.74, 6) is -1.12. The lowest BCUT2D eigenvalue weighted by atomic mass is 10.2. The summed E-state index contributed by atoms with van der Waals surface area (Å²) < 4.78 is 32.1. The van der Waals surface area contributed by atoms with Crippen molar-refractivity contribution in [3.05, 3.63) is 59.7 Å². The van der Waals surface area contributed by atoms with Crippen LogP contribution in [-0.4, -0.2) is 11.9 Å². The van der Waals surface area contributed by atoms with E-state index in [1.807, 2.05) is 0 Å². The Hall–Kier alpha value is -2.47. The molecule has 1 unspecified atom stereocenters. The van der Waals surface area contributed by atoms with Gasteiger partial charge in [-0.05, 0) is 36.8 Å². The zero-order valence-corrected chi connectivity index (χ0v) is 12.0. The van der Waals surface area contributed by atoms with Gasteiger partial charge in [-0.3, -0.25) is 4.79 Å². The van der Waals surface area contributed by atoms with E-state index in [-0.39, 0.29) is 18.1 Å². The molecule has 0 aliphatic heterocycles. The number of carbonyl (C=O) groups is 1. The third-order valence-corrected chi connectivity index (χ3v) is 2.93. The van der Waals surface area contributed by atoms with E-state index in [9.17, 15) is 13.6 Å². The van der Waals surface area contributed by atoms with Gasteiger partial charge in [0, 0.05) is 6.07 Å². The maximum Gasteiger partial charge on any atom is 0.241 e. The van der Waals surface area contributed by atoms with Gasteiger partial charge in [0.1, 0.15) is 24.0 Å². The van der Waals surface area contributed by atoms with E-state index >= 15 is 0 Å². The van der Waals surface area contributed by atoms with E-state index in [0.29, 0.717) is 5.75 Å². The zero-order chi connectivity index (χ0) is 16.1. The van der Waals surface area contributed by atoms with Crippen LogP contribution in [0.1, 0.15) is 12.5 Å². The molecule has 0 fully saturated rings. The lowest BCUT2D eigenvalue weighted by molar-refractivity contribution is -0.117. The number of nitrogens with two attached hydrogens (primary N) is 1. The minimum absolute atomic E-state index is 0.0384. The molecule has 1 atom stereocenters. The molecule has 2 aromatic rings. The van der Waals surface area contributed by atoms with Gasteiger partial charge in [0.15, 0.2) is 0 Å². The largest absolute Gasteiger partial charge is 0.489 e. The molecule has 0 spiro atoms. The molecule has 116 valence electrons. The van der Waals surface area contributed by atoms with Crippen LogP contribution in [0.25, 0.3) is 0 Å². The van der Waals surface area contributed by atoms with E-state index < -0.39 is 17.8 Å². The van der Waals surface area contributed by atoms with Crippen molar-refractivity contribution in [2.45, 2.75) is 19.6 Å². The first kappa shape index (κ1) is 15.9. The fourth-order valence-electron chi connectivity index (χ4n) is 1.68. The van der Waals surface area contributed by atoms with Gasteiger partial charge >= 0.3 is 0 Å². The summed E-state index contributed by atoms with van der Waals surface area (Å²) >= 11 is 0. The number of amides is 1. The maximum absolute atomic E-state index is 13.9. The standard InChI is InChI=1S/C16H16F2N2O2/c1-10(19)16(21)20-15-7-6-13(8-14(15)18)22-9-11-2-4-12(17)5-3-11/h2-8,10H,9,19H2,1H3,(H,20,21). The van der Waals surface area contributed by atoms with Crippen LogP contribution in [0.15, 0.2) is 42.5 Å². The number of hydrogen-bond donors (Lipinski definition) is 2. The van der Waals surface area contributed by atoms with Gasteiger partial charge in [-0.25, -0.2) is 8.78 Å². The summed E-state index contributed by atoms with van der Waals surface area (Å²) in [6.07, 6.45) is 0. The van der Waals surface area contributed by atoms with Gasteiger partial charge < -0.3 is 15.8 Å².